The van der Waals surface area contributed by atoms with Gasteiger partial charge in [-0.1, -0.05) is 6.92 Å². The van der Waals surface area contributed by atoms with Gasteiger partial charge in [0.15, 0.2) is 11.6 Å². The van der Waals surface area contributed by atoms with E-state index < -0.39 is 0 Å². The van der Waals surface area contributed by atoms with E-state index in [1.807, 2.05) is 21.0 Å². The average Bonchev–Trinajstić information content (AvgIpc) is 1.96. The van der Waals surface area contributed by atoms with Crippen molar-refractivity contribution in [1.82, 2.24) is 4.90 Å². The molecule has 1 aliphatic rings. The molecule has 0 saturated heterocycles. The van der Waals surface area contributed by atoms with E-state index >= 15 is 0 Å². The van der Waals surface area contributed by atoms with Crippen molar-refractivity contribution in [2.45, 2.75) is 19.8 Å². The topological polar surface area (TPSA) is 37.4 Å². The van der Waals surface area contributed by atoms with E-state index in [-0.39, 0.29) is 17.5 Å². The molecule has 1 rings (SSSR count). The molecule has 13 heavy (non-hydrogen) atoms. The Bertz CT molecular complexity index is 246. The molecule has 0 amide bonds. The quantitative estimate of drug-likeness (QED) is 0.447. The fourth-order valence-corrected chi connectivity index (χ4v) is 1.48. The third kappa shape index (κ3) is 2.41. The summed E-state index contributed by atoms with van der Waals surface area (Å²) in [4.78, 5) is 24.6. The molecule has 3 nitrogen and oxygen atoms in total. The van der Waals surface area contributed by atoms with Crippen molar-refractivity contribution in [3.05, 3.63) is 11.8 Å². The Labute approximate surface area is 78.4 Å². The minimum atomic E-state index is -0.0162. The maximum Gasteiger partial charge on any atom is 0.168 e. The van der Waals surface area contributed by atoms with Gasteiger partial charge in [-0.25, -0.2) is 0 Å². The molecule has 0 bridgehead atoms. The van der Waals surface area contributed by atoms with E-state index in [1.54, 1.807) is 11.1 Å². The Morgan fingerprint density at radius 1 is 1.23 bits per heavy atom. The first-order chi connectivity index (χ1) is 6.00. The lowest BCUT2D eigenvalue weighted by atomic mass is 9.85. The van der Waals surface area contributed by atoms with Crippen LogP contribution < -0.4 is 0 Å². The number of rotatable bonds is 1. The van der Waals surface area contributed by atoms with Crippen LogP contribution in [0.3, 0.4) is 0 Å². The molecule has 72 valence electrons. The monoisotopic (exact) mass is 181 g/mol. The van der Waals surface area contributed by atoms with E-state index in [2.05, 4.69) is 0 Å². The van der Waals surface area contributed by atoms with Gasteiger partial charge in [0.2, 0.25) is 0 Å². The van der Waals surface area contributed by atoms with Crippen LogP contribution in [0.15, 0.2) is 11.8 Å². The molecule has 1 saturated carbocycles. The Balaban J connectivity index is 2.85. The zero-order chi connectivity index (χ0) is 10.0. The highest BCUT2D eigenvalue weighted by atomic mass is 16.1. The van der Waals surface area contributed by atoms with Crippen molar-refractivity contribution >= 4 is 11.6 Å². The van der Waals surface area contributed by atoms with Crippen LogP contribution in [0.2, 0.25) is 0 Å². The summed E-state index contributed by atoms with van der Waals surface area (Å²) in [5.41, 5.74) is 0.364. The Hall–Kier alpha value is -1.12. The normalized spacial score (nSPS) is 23.3. The third-order valence-electron chi connectivity index (χ3n) is 2.06. The molecule has 0 aromatic carbocycles. The molecule has 0 unspecified atom stereocenters. The summed E-state index contributed by atoms with van der Waals surface area (Å²) < 4.78 is 0. The number of Topliss-reactive ketones (excluding diaryl/α,β-unsaturated/α-hetero) is 2. The minimum absolute atomic E-state index is 0.0162. The van der Waals surface area contributed by atoms with Crippen LogP contribution in [0.5, 0.6) is 0 Å². The fourth-order valence-electron chi connectivity index (χ4n) is 1.48. The van der Waals surface area contributed by atoms with Gasteiger partial charge in [0, 0.05) is 33.1 Å². The third-order valence-corrected chi connectivity index (χ3v) is 2.06. The van der Waals surface area contributed by atoms with Crippen molar-refractivity contribution in [2.75, 3.05) is 14.1 Å². The average molecular weight is 181 g/mol. The molecule has 0 aliphatic heterocycles. The molecule has 0 heterocycles. The van der Waals surface area contributed by atoms with Crippen LogP contribution >= 0.6 is 0 Å². The number of ketones is 2. The van der Waals surface area contributed by atoms with Gasteiger partial charge in [-0.3, -0.25) is 9.59 Å². The van der Waals surface area contributed by atoms with Gasteiger partial charge in [0.1, 0.15) is 0 Å². The summed E-state index contributed by atoms with van der Waals surface area (Å²) in [5, 5.41) is 0. The summed E-state index contributed by atoms with van der Waals surface area (Å²) in [7, 11) is 3.62. The molecule has 0 N–H and O–H groups in total. The Morgan fingerprint density at radius 2 is 1.69 bits per heavy atom. The second-order valence-electron chi connectivity index (χ2n) is 3.87. The molecule has 0 radical (unpaired) electrons. The smallest absolute Gasteiger partial charge is 0.168 e. The number of carbonyl (C=O) groups is 2. The molecule has 0 atom stereocenters. The van der Waals surface area contributed by atoms with Gasteiger partial charge in [-0.2, -0.15) is 0 Å². The first-order valence-corrected chi connectivity index (χ1v) is 4.45. The van der Waals surface area contributed by atoms with Crippen LogP contribution in [0.4, 0.5) is 0 Å². The van der Waals surface area contributed by atoms with Crippen LogP contribution in [0, 0.1) is 5.92 Å². The van der Waals surface area contributed by atoms with Gasteiger partial charge in [-0.05, 0) is 5.92 Å². The van der Waals surface area contributed by atoms with Crippen molar-refractivity contribution in [3.63, 3.8) is 0 Å². The van der Waals surface area contributed by atoms with Gasteiger partial charge >= 0.3 is 0 Å². The summed E-state index contributed by atoms with van der Waals surface area (Å²) in [5.74, 6) is 0.175. The summed E-state index contributed by atoms with van der Waals surface area (Å²) in [6.45, 7) is 1.93. The van der Waals surface area contributed by atoms with E-state index in [9.17, 15) is 9.59 Å². The van der Waals surface area contributed by atoms with Gasteiger partial charge in [0.05, 0.1) is 5.57 Å². The van der Waals surface area contributed by atoms with Crippen molar-refractivity contribution in [1.29, 1.82) is 0 Å². The molecule has 0 aromatic heterocycles. The van der Waals surface area contributed by atoms with Crippen molar-refractivity contribution in [3.8, 4) is 0 Å². The molecular formula is C10H15NO2. The highest BCUT2D eigenvalue weighted by Crippen LogP contribution is 2.21. The second kappa shape index (κ2) is 3.73. The summed E-state index contributed by atoms with van der Waals surface area (Å²) >= 11 is 0. The predicted molar refractivity (Wildman–Crippen MR) is 50.2 cm³/mol. The molecule has 0 aromatic rings. The summed E-state index contributed by atoms with van der Waals surface area (Å²) in [6, 6.07) is 0. The van der Waals surface area contributed by atoms with Gasteiger partial charge < -0.3 is 4.90 Å². The highest BCUT2D eigenvalue weighted by Gasteiger charge is 2.27. The van der Waals surface area contributed by atoms with Crippen LogP contribution in [-0.4, -0.2) is 30.6 Å². The van der Waals surface area contributed by atoms with Crippen molar-refractivity contribution in [2.24, 2.45) is 5.92 Å². The first-order valence-electron chi connectivity index (χ1n) is 4.45. The van der Waals surface area contributed by atoms with Crippen LogP contribution in [-0.2, 0) is 9.59 Å². The Morgan fingerprint density at radius 3 is 2.08 bits per heavy atom. The second-order valence-corrected chi connectivity index (χ2v) is 3.87. The number of carbonyl (C=O) groups excluding carboxylic acids is 2. The standard InChI is InChI=1S/C10H15NO2/c1-7-4-9(12)8(6-11(2)3)10(13)5-7/h6-7H,4-5H2,1-3H3. The maximum absolute atomic E-state index is 11.4. The van der Waals surface area contributed by atoms with E-state index in [1.165, 1.54) is 0 Å². The zero-order valence-corrected chi connectivity index (χ0v) is 8.33. The lowest BCUT2D eigenvalue weighted by Gasteiger charge is -2.19. The SMILES string of the molecule is CC1CC(=O)C(=CN(C)C)C(=O)C1. The van der Waals surface area contributed by atoms with E-state index in [4.69, 9.17) is 0 Å². The number of nitrogens with zero attached hydrogens (tertiary/aromatic N) is 1. The first kappa shape index (κ1) is 9.96. The maximum atomic E-state index is 11.4. The van der Waals surface area contributed by atoms with Crippen LogP contribution in [0.1, 0.15) is 19.8 Å². The van der Waals surface area contributed by atoms with Gasteiger partial charge in [0.25, 0.3) is 0 Å². The number of allylic oxidation sites excluding steroid dienone is 1. The fraction of sp³-hybridized carbons (Fsp3) is 0.600. The number of hydrogen-bond donors (Lipinski definition) is 0. The molecular weight excluding hydrogens is 166 g/mol. The lowest BCUT2D eigenvalue weighted by Crippen LogP contribution is -2.25. The van der Waals surface area contributed by atoms with E-state index in [0.717, 1.165) is 0 Å². The van der Waals surface area contributed by atoms with Gasteiger partial charge in [-0.15, -0.1) is 0 Å². The Kier molecular flexibility index (Phi) is 2.86. The largest absolute Gasteiger partial charge is 0.383 e. The molecule has 3 heteroatoms. The number of hydrogen-bond acceptors (Lipinski definition) is 3. The minimum Gasteiger partial charge on any atom is -0.383 e. The molecule has 1 fully saturated rings. The van der Waals surface area contributed by atoms with Crippen LogP contribution in [0.25, 0.3) is 0 Å². The lowest BCUT2D eigenvalue weighted by molar-refractivity contribution is -0.125. The molecule has 1 aliphatic carbocycles. The predicted octanol–water partition coefficient (Wildman–Crippen LogP) is 1.000. The zero-order valence-electron chi connectivity index (χ0n) is 8.33. The highest BCUT2D eigenvalue weighted by molar-refractivity contribution is 6.21. The van der Waals surface area contributed by atoms with E-state index in [0.29, 0.717) is 18.4 Å². The summed E-state index contributed by atoms with van der Waals surface area (Å²) in [6.07, 6.45) is 2.63. The van der Waals surface area contributed by atoms with Crippen molar-refractivity contribution < 1.29 is 9.59 Å². The molecule has 0 spiro atoms.